The van der Waals surface area contributed by atoms with Crippen LogP contribution in [0.1, 0.15) is 31.7 Å². The Balaban J connectivity index is 2.19. The van der Waals surface area contributed by atoms with Gasteiger partial charge in [-0.2, -0.15) is 4.98 Å². The van der Waals surface area contributed by atoms with E-state index < -0.39 is 0 Å². The summed E-state index contributed by atoms with van der Waals surface area (Å²) >= 11 is 0. The molecular formula is C11H18N4. The van der Waals surface area contributed by atoms with Crippen LogP contribution in [-0.2, 0) is 0 Å². The van der Waals surface area contributed by atoms with Gasteiger partial charge in [-0.05, 0) is 33.1 Å². The predicted molar refractivity (Wildman–Crippen MR) is 62.2 cm³/mol. The van der Waals surface area contributed by atoms with Crippen LogP contribution in [0, 0.1) is 6.92 Å². The largest absolute Gasteiger partial charge is 0.365 e. The molecule has 0 radical (unpaired) electrons. The van der Waals surface area contributed by atoms with Crippen LogP contribution in [-0.4, -0.2) is 22.6 Å². The lowest BCUT2D eigenvalue weighted by Crippen LogP contribution is -2.42. The summed E-state index contributed by atoms with van der Waals surface area (Å²) in [5, 5.41) is 6.46. The number of aryl methyl sites for hydroxylation is 1. The van der Waals surface area contributed by atoms with Crippen LogP contribution in [0.4, 0.5) is 11.8 Å². The van der Waals surface area contributed by atoms with Crippen molar-refractivity contribution in [2.45, 2.75) is 38.6 Å². The van der Waals surface area contributed by atoms with Crippen molar-refractivity contribution < 1.29 is 0 Å². The Hall–Kier alpha value is -1.32. The first-order chi connectivity index (χ1) is 7.13. The highest BCUT2D eigenvalue weighted by Crippen LogP contribution is 2.34. The molecule has 0 aliphatic heterocycles. The Morgan fingerprint density at radius 2 is 2.13 bits per heavy atom. The molecule has 4 nitrogen and oxygen atoms in total. The fourth-order valence-corrected chi connectivity index (χ4v) is 1.81. The molecule has 0 saturated heterocycles. The van der Waals surface area contributed by atoms with Gasteiger partial charge in [0.1, 0.15) is 5.82 Å². The van der Waals surface area contributed by atoms with Gasteiger partial charge in [-0.1, -0.05) is 0 Å². The van der Waals surface area contributed by atoms with Crippen molar-refractivity contribution in [1.29, 1.82) is 0 Å². The highest BCUT2D eigenvalue weighted by molar-refractivity contribution is 5.48. The molecule has 0 bridgehead atoms. The smallest absolute Gasteiger partial charge is 0.224 e. The molecule has 1 aromatic heterocycles. The van der Waals surface area contributed by atoms with Gasteiger partial charge < -0.3 is 10.6 Å². The van der Waals surface area contributed by atoms with Gasteiger partial charge in [-0.15, -0.1) is 0 Å². The second-order valence-electron chi connectivity index (χ2n) is 4.51. The van der Waals surface area contributed by atoms with Gasteiger partial charge in [-0.3, -0.25) is 0 Å². The Bertz CT molecular complexity index is 358. The maximum Gasteiger partial charge on any atom is 0.224 e. The number of anilines is 2. The summed E-state index contributed by atoms with van der Waals surface area (Å²) in [5.74, 6) is 1.63. The monoisotopic (exact) mass is 206 g/mol. The van der Waals surface area contributed by atoms with Crippen molar-refractivity contribution in [3.63, 3.8) is 0 Å². The molecular weight excluding hydrogens is 188 g/mol. The van der Waals surface area contributed by atoms with E-state index in [9.17, 15) is 0 Å². The fourth-order valence-electron chi connectivity index (χ4n) is 1.81. The van der Waals surface area contributed by atoms with Crippen LogP contribution in [0.3, 0.4) is 0 Å². The lowest BCUT2D eigenvalue weighted by atomic mass is 9.78. The predicted octanol–water partition coefficient (Wildman–Crippen LogP) is 2.18. The summed E-state index contributed by atoms with van der Waals surface area (Å²) in [5.41, 5.74) is 1.34. The zero-order valence-corrected chi connectivity index (χ0v) is 9.59. The SMILES string of the molecule is CNc1ncc(C)c(NC2(C)CCC2)n1. The minimum atomic E-state index is 0.240. The van der Waals surface area contributed by atoms with Gasteiger partial charge in [0.05, 0.1) is 0 Å². The number of hydrogen-bond donors (Lipinski definition) is 2. The molecule has 0 amide bonds. The molecule has 2 rings (SSSR count). The van der Waals surface area contributed by atoms with Crippen LogP contribution in [0.5, 0.6) is 0 Å². The highest BCUT2D eigenvalue weighted by Gasteiger charge is 2.32. The van der Waals surface area contributed by atoms with Crippen molar-refractivity contribution in [2.75, 3.05) is 17.7 Å². The first kappa shape index (κ1) is 10.2. The molecule has 15 heavy (non-hydrogen) atoms. The summed E-state index contributed by atoms with van der Waals surface area (Å²) in [7, 11) is 1.83. The van der Waals surface area contributed by atoms with E-state index in [0.717, 1.165) is 11.4 Å². The van der Waals surface area contributed by atoms with E-state index in [1.807, 2.05) is 20.2 Å². The van der Waals surface area contributed by atoms with Crippen molar-refractivity contribution in [3.05, 3.63) is 11.8 Å². The molecule has 2 N–H and O–H groups in total. The van der Waals surface area contributed by atoms with Gasteiger partial charge in [-0.25, -0.2) is 4.98 Å². The minimum absolute atomic E-state index is 0.240. The number of aromatic nitrogens is 2. The quantitative estimate of drug-likeness (QED) is 0.796. The third-order valence-electron chi connectivity index (χ3n) is 3.07. The Morgan fingerprint density at radius 1 is 1.40 bits per heavy atom. The molecule has 1 aromatic rings. The molecule has 82 valence electrons. The number of nitrogens with one attached hydrogen (secondary N) is 2. The molecule has 0 spiro atoms. The maximum atomic E-state index is 4.42. The maximum absolute atomic E-state index is 4.42. The van der Waals surface area contributed by atoms with Crippen LogP contribution in [0.25, 0.3) is 0 Å². The van der Waals surface area contributed by atoms with Crippen molar-refractivity contribution in [3.8, 4) is 0 Å². The number of hydrogen-bond acceptors (Lipinski definition) is 4. The van der Waals surface area contributed by atoms with Crippen LogP contribution in [0.2, 0.25) is 0 Å². The third kappa shape index (κ3) is 2.03. The molecule has 1 aliphatic carbocycles. The minimum Gasteiger partial charge on any atom is -0.365 e. The highest BCUT2D eigenvalue weighted by atomic mass is 15.2. The summed E-state index contributed by atoms with van der Waals surface area (Å²) < 4.78 is 0. The molecule has 0 atom stereocenters. The molecule has 1 heterocycles. The van der Waals surface area contributed by atoms with E-state index in [1.54, 1.807) is 0 Å². The summed E-state index contributed by atoms with van der Waals surface area (Å²) in [6.45, 7) is 4.28. The fraction of sp³-hybridized carbons (Fsp3) is 0.636. The van der Waals surface area contributed by atoms with Gasteiger partial charge in [0, 0.05) is 24.3 Å². The average Bonchev–Trinajstić information content (AvgIpc) is 2.19. The third-order valence-corrected chi connectivity index (χ3v) is 3.07. The van der Waals surface area contributed by atoms with E-state index in [2.05, 4.69) is 27.5 Å². The molecule has 1 aliphatic rings. The Kier molecular flexibility index (Phi) is 2.50. The van der Waals surface area contributed by atoms with E-state index in [0.29, 0.717) is 5.95 Å². The molecule has 1 fully saturated rings. The summed E-state index contributed by atoms with van der Waals surface area (Å²) in [6.07, 6.45) is 5.62. The Labute approximate surface area is 90.5 Å². The second kappa shape index (κ2) is 3.68. The normalized spacial score (nSPS) is 18.1. The van der Waals surface area contributed by atoms with E-state index >= 15 is 0 Å². The van der Waals surface area contributed by atoms with Crippen molar-refractivity contribution >= 4 is 11.8 Å². The zero-order chi connectivity index (χ0) is 10.9. The van der Waals surface area contributed by atoms with E-state index in [1.165, 1.54) is 19.3 Å². The number of rotatable bonds is 3. The lowest BCUT2D eigenvalue weighted by Gasteiger charge is -2.40. The molecule has 4 heteroatoms. The first-order valence-corrected chi connectivity index (χ1v) is 5.42. The summed E-state index contributed by atoms with van der Waals surface area (Å²) in [6, 6.07) is 0. The van der Waals surface area contributed by atoms with Crippen molar-refractivity contribution in [1.82, 2.24) is 9.97 Å². The van der Waals surface area contributed by atoms with Crippen LogP contribution in [0.15, 0.2) is 6.20 Å². The first-order valence-electron chi connectivity index (χ1n) is 5.42. The number of nitrogens with zero attached hydrogens (tertiary/aromatic N) is 2. The van der Waals surface area contributed by atoms with Crippen molar-refractivity contribution in [2.24, 2.45) is 0 Å². The second-order valence-corrected chi connectivity index (χ2v) is 4.51. The van der Waals surface area contributed by atoms with Gasteiger partial charge >= 0.3 is 0 Å². The van der Waals surface area contributed by atoms with E-state index in [-0.39, 0.29) is 5.54 Å². The lowest BCUT2D eigenvalue weighted by molar-refractivity contribution is 0.305. The molecule has 1 saturated carbocycles. The van der Waals surface area contributed by atoms with E-state index in [4.69, 9.17) is 0 Å². The molecule has 0 aromatic carbocycles. The van der Waals surface area contributed by atoms with Crippen LogP contribution >= 0.6 is 0 Å². The Morgan fingerprint density at radius 3 is 2.67 bits per heavy atom. The zero-order valence-electron chi connectivity index (χ0n) is 9.59. The average molecular weight is 206 g/mol. The topological polar surface area (TPSA) is 49.8 Å². The van der Waals surface area contributed by atoms with Gasteiger partial charge in [0.2, 0.25) is 5.95 Å². The van der Waals surface area contributed by atoms with Gasteiger partial charge in [0.15, 0.2) is 0 Å². The molecule has 0 unspecified atom stereocenters. The van der Waals surface area contributed by atoms with Gasteiger partial charge in [0.25, 0.3) is 0 Å². The summed E-state index contributed by atoms with van der Waals surface area (Å²) in [4.78, 5) is 8.59. The van der Waals surface area contributed by atoms with Crippen LogP contribution < -0.4 is 10.6 Å². The standard InChI is InChI=1S/C11H18N4/c1-8-7-13-10(12-3)14-9(8)15-11(2)5-4-6-11/h7H,4-6H2,1-3H3,(H2,12,13,14,15).